The van der Waals surface area contributed by atoms with E-state index in [1.165, 1.54) is 12.1 Å². The van der Waals surface area contributed by atoms with Gasteiger partial charge in [0.1, 0.15) is 0 Å². The van der Waals surface area contributed by atoms with Crippen molar-refractivity contribution < 1.29 is 35.6 Å². The molecule has 0 radical (unpaired) electrons. The Morgan fingerprint density at radius 1 is 0.409 bits per heavy atom. The topological polar surface area (TPSA) is 9.72 Å². The van der Waals surface area contributed by atoms with Crippen LogP contribution in [0.5, 0.6) is 0 Å². The summed E-state index contributed by atoms with van der Waals surface area (Å²) in [6, 6.07) is -17.6. The van der Waals surface area contributed by atoms with Crippen LogP contribution in [0.2, 0.25) is 0 Å². The summed E-state index contributed by atoms with van der Waals surface area (Å²) < 4.78 is 251. The third-order valence-corrected chi connectivity index (χ3v) is 11.7. The Hall–Kier alpha value is -6.52. The fourth-order valence-corrected chi connectivity index (χ4v) is 8.17. The zero-order valence-electron chi connectivity index (χ0n) is 65.1. The third kappa shape index (κ3) is 7.49. The van der Waals surface area contributed by atoms with E-state index >= 15 is 0 Å². The summed E-state index contributed by atoms with van der Waals surface area (Å²) in [6.45, 7) is 18.5. The highest BCUT2D eigenvalue weighted by atomic mass is 15.2. The minimum Gasteiger partial charge on any atom is -0.311 e. The fraction of sp³-hybridized carbons (Fsp3) is 0.258. The highest BCUT2D eigenvalue weighted by Crippen LogP contribution is 2.50. The number of rotatable bonds is 5. The van der Waals surface area contributed by atoms with Gasteiger partial charge in [-0.2, -0.15) is 0 Å². The number of nitrogens with zero attached hydrogens (tertiary/aromatic N) is 3. The van der Waals surface area contributed by atoms with Crippen LogP contribution in [0.25, 0.3) is 10.8 Å². The van der Waals surface area contributed by atoms with Crippen molar-refractivity contribution >= 4 is 85.1 Å². The van der Waals surface area contributed by atoms with E-state index in [9.17, 15) is 26.0 Å². The lowest BCUT2D eigenvalue weighted by Gasteiger charge is -2.45. The molecule has 8 aromatic carbocycles. The first kappa shape index (κ1) is 22.8. The molecule has 0 saturated carbocycles. The first-order valence-corrected chi connectivity index (χ1v) is 21.8. The fourth-order valence-electron chi connectivity index (χ4n) is 8.17. The van der Waals surface area contributed by atoms with Crippen molar-refractivity contribution in [3.63, 3.8) is 0 Å². The zero-order valence-corrected chi connectivity index (χ0v) is 39.1. The van der Waals surface area contributed by atoms with Gasteiger partial charge < -0.3 is 14.7 Å². The summed E-state index contributed by atoms with van der Waals surface area (Å²) in [7, 11) is 0. The van der Waals surface area contributed by atoms with E-state index in [0.29, 0.717) is 0 Å². The molecule has 0 N–H and O–H groups in total. The predicted molar refractivity (Wildman–Crippen MR) is 287 cm³/mol. The molecule has 10 rings (SSSR count). The molecule has 0 spiro atoms. The maximum atomic E-state index is 10.5. The summed E-state index contributed by atoms with van der Waals surface area (Å²) in [6.07, 6.45) is 0. The van der Waals surface area contributed by atoms with Crippen molar-refractivity contribution in [2.45, 2.75) is 105 Å². The Morgan fingerprint density at radius 2 is 0.833 bits per heavy atom. The van der Waals surface area contributed by atoms with Gasteiger partial charge in [-0.25, -0.2) is 0 Å². The van der Waals surface area contributed by atoms with E-state index in [1.54, 1.807) is 83.1 Å². The van der Waals surface area contributed by atoms with Crippen LogP contribution in [0.15, 0.2) is 169 Å². The van der Waals surface area contributed by atoms with Crippen LogP contribution in [-0.4, -0.2) is 6.71 Å². The van der Waals surface area contributed by atoms with Gasteiger partial charge in [0.25, 0.3) is 6.71 Å². The highest BCUT2D eigenvalue weighted by molar-refractivity contribution is 7.00. The smallest absolute Gasteiger partial charge is 0.252 e. The molecule has 2 heterocycles. The molecule has 330 valence electrons. The van der Waals surface area contributed by atoms with E-state index in [2.05, 4.69) is 0 Å². The quantitative estimate of drug-likeness (QED) is 0.159. The summed E-state index contributed by atoms with van der Waals surface area (Å²) in [4.78, 5) is 2.96. The molecule has 0 aromatic heterocycles. The van der Waals surface area contributed by atoms with Crippen molar-refractivity contribution in [1.29, 1.82) is 0 Å². The van der Waals surface area contributed by atoms with Crippen LogP contribution >= 0.6 is 0 Å². The largest absolute Gasteiger partial charge is 0.311 e. The van der Waals surface area contributed by atoms with Crippen molar-refractivity contribution in [3.05, 3.63) is 191 Å². The minimum absolute atomic E-state index is 0.0200. The first-order chi connectivity index (χ1) is 42.1. The molecule has 2 aliphatic heterocycles. The van der Waals surface area contributed by atoms with E-state index in [1.807, 2.05) is 0 Å². The molecule has 0 bridgehead atoms. The maximum absolute atomic E-state index is 10.5. The summed E-state index contributed by atoms with van der Waals surface area (Å²) in [5.41, 5.74) is -10.3. The molecule has 0 aliphatic carbocycles. The second-order valence-corrected chi connectivity index (χ2v) is 20.8. The van der Waals surface area contributed by atoms with Gasteiger partial charge in [0.15, 0.2) is 0 Å². The summed E-state index contributed by atoms with van der Waals surface area (Å²) >= 11 is 0. The normalized spacial score (nSPS) is 19.2. The first-order valence-electron chi connectivity index (χ1n) is 34.8. The van der Waals surface area contributed by atoms with Gasteiger partial charge >= 0.3 is 0 Å². The molecule has 0 unspecified atom stereocenters. The number of anilines is 9. The lowest BCUT2D eigenvalue weighted by molar-refractivity contribution is 0.590. The molecule has 3 nitrogen and oxygen atoms in total. The molecule has 2 aliphatic rings. The third-order valence-electron chi connectivity index (χ3n) is 11.7. The molecule has 4 heteroatoms. The Labute approximate surface area is 431 Å². The average Bonchev–Trinajstić information content (AvgIpc) is 0.673. The van der Waals surface area contributed by atoms with Crippen molar-refractivity contribution in [3.8, 4) is 0 Å². The number of para-hydroxylation sites is 1. The number of hydrogen-bond acceptors (Lipinski definition) is 3. The van der Waals surface area contributed by atoms with Crippen molar-refractivity contribution in [2.24, 2.45) is 0 Å². The molecule has 8 aromatic rings. The molecule has 0 fully saturated rings. The summed E-state index contributed by atoms with van der Waals surface area (Å²) in [5, 5.41) is -1.34. The Bertz CT molecular complexity index is 4380. The van der Waals surface area contributed by atoms with Gasteiger partial charge in [-0.1, -0.05) is 186 Å². The number of hydrogen-bond donors (Lipinski definition) is 0. The lowest BCUT2D eigenvalue weighted by Crippen LogP contribution is -2.61. The Balaban J connectivity index is 1.62. The molecule has 0 saturated heterocycles. The van der Waals surface area contributed by atoms with Gasteiger partial charge in [-0.3, -0.25) is 0 Å². The van der Waals surface area contributed by atoms with Crippen LogP contribution < -0.4 is 31.1 Å². The van der Waals surface area contributed by atoms with Crippen LogP contribution in [-0.2, 0) is 21.7 Å². The Kier molecular flexibility index (Phi) is 5.37. The van der Waals surface area contributed by atoms with E-state index in [-0.39, 0.29) is 50.0 Å². The van der Waals surface area contributed by atoms with Crippen LogP contribution in [0.4, 0.5) is 51.2 Å². The van der Waals surface area contributed by atoms with Gasteiger partial charge in [-0.15, -0.1) is 0 Å². The molecule has 0 atom stereocenters. The molecule has 66 heavy (non-hydrogen) atoms. The monoisotopic (exact) mass is 888 g/mol. The van der Waals surface area contributed by atoms with Gasteiger partial charge in [0.05, 0.1) is 47.0 Å². The van der Waals surface area contributed by atoms with Gasteiger partial charge in [0.2, 0.25) is 0 Å². The Morgan fingerprint density at radius 3 is 1.30 bits per heavy atom. The van der Waals surface area contributed by atoms with Crippen molar-refractivity contribution in [1.82, 2.24) is 0 Å². The van der Waals surface area contributed by atoms with E-state index in [0.717, 1.165) is 14.7 Å². The predicted octanol–water partition coefficient (Wildman–Crippen LogP) is 15.6. The van der Waals surface area contributed by atoms with Crippen LogP contribution in [0.3, 0.4) is 0 Å². The summed E-state index contributed by atoms with van der Waals surface area (Å²) in [5.74, 6) is 0. The highest BCUT2D eigenvalue weighted by Gasteiger charge is 2.45. The molecular weight excluding hydrogens is 798 g/mol. The standard InChI is InChI=1S/C62H64BN3/c1-59(2,3)42-25-31-47(32-26-42)65-54-35-29-44(61(7,8)9)37-51(54)63-52-38-45(62(10,11)12)30-36-55(52)66(48-33-27-43(28-34-48)60(4,5)6)57-40-49(39-56(65)58(57)63)64(46-21-14-13-15-22-46)53-24-18-20-41-19-16-17-23-50(41)53/h13-40H,1-12H3/i13D,14D,15D,16D,17D,18D,19D,20D,21D,22D,23D,24D,25D,26D,27D,28D,29D,30D,31D,32D,33D,34D,35D,36D,37D,38D. The second-order valence-electron chi connectivity index (χ2n) is 20.8. The average molecular weight is 888 g/mol. The molecular formula is C62H64BN3. The SMILES string of the molecule is [2H]c1c([2H])c([2H])c(N(c2cc3c4c(c2)N(c2c([2H])c([2H])c(C(C)(C)C)c([2H])c2[2H])c2c([2H])c([2H])c(C(C)(C)C)c([2H])c2B4c2c([2H])c(C(C)(C)C)c([2H])c([2H])c2N3c2c([2H])c([2H])c(C(C)(C)C)c([2H])c2[2H])c2c([2H])c([2H])c([2H])c3c([2H])c([2H])c([2H])c([2H])c23)c([2H])c1[2H]. The zero-order chi connectivity index (χ0) is 69.1. The van der Waals surface area contributed by atoms with Gasteiger partial charge in [-0.05, 0) is 132 Å². The van der Waals surface area contributed by atoms with Gasteiger partial charge in [0, 0.05) is 45.2 Å². The van der Waals surface area contributed by atoms with Crippen molar-refractivity contribution in [2.75, 3.05) is 14.7 Å². The number of benzene rings is 8. The minimum atomic E-state index is -1.68. The van der Waals surface area contributed by atoms with E-state index in [4.69, 9.17) is 9.60 Å². The molecule has 0 amide bonds. The second kappa shape index (κ2) is 15.5. The lowest BCUT2D eigenvalue weighted by atomic mass is 9.33. The maximum Gasteiger partial charge on any atom is 0.252 e. The number of fused-ring (bicyclic) bond motifs is 5. The van der Waals surface area contributed by atoms with Crippen LogP contribution in [0.1, 0.15) is 141 Å². The van der Waals surface area contributed by atoms with E-state index < -0.39 is 236 Å². The van der Waals surface area contributed by atoms with Crippen LogP contribution in [0, 0.1) is 0 Å².